The third kappa shape index (κ3) is 5.43. The van der Waals surface area contributed by atoms with E-state index < -0.39 is 0 Å². The Kier molecular flexibility index (Phi) is 7.14. The van der Waals surface area contributed by atoms with Crippen molar-refractivity contribution in [3.8, 4) is 56.4 Å². The van der Waals surface area contributed by atoms with E-state index in [1.807, 2.05) is 30.3 Å². The molecule has 0 radical (unpaired) electrons. The largest absolute Gasteiger partial charge is 0.456 e. The summed E-state index contributed by atoms with van der Waals surface area (Å²) in [6.07, 6.45) is 0. The minimum Gasteiger partial charge on any atom is -0.456 e. The van der Waals surface area contributed by atoms with Crippen molar-refractivity contribution in [1.82, 2.24) is 15.0 Å². The molecular formula is C51H31N3O. The van der Waals surface area contributed by atoms with Crippen LogP contribution in [0.3, 0.4) is 0 Å². The first kappa shape index (κ1) is 31.1. The maximum atomic E-state index is 6.73. The fourth-order valence-electron chi connectivity index (χ4n) is 7.93. The fraction of sp³-hybridized carbons (Fsp3) is 0. The number of hydrogen-bond donors (Lipinski definition) is 0. The zero-order chi connectivity index (χ0) is 36.3. The van der Waals surface area contributed by atoms with Crippen molar-refractivity contribution in [2.45, 2.75) is 0 Å². The number of furan rings is 1. The molecule has 0 N–H and O–H groups in total. The van der Waals surface area contributed by atoms with E-state index in [0.29, 0.717) is 17.5 Å². The Balaban J connectivity index is 1.14. The van der Waals surface area contributed by atoms with Gasteiger partial charge in [0.25, 0.3) is 0 Å². The lowest BCUT2D eigenvalue weighted by atomic mass is 9.93. The molecule has 0 spiro atoms. The summed E-state index contributed by atoms with van der Waals surface area (Å²) in [6.45, 7) is 0. The normalized spacial score (nSPS) is 11.6. The maximum Gasteiger partial charge on any atom is 0.164 e. The summed E-state index contributed by atoms with van der Waals surface area (Å²) in [5.41, 5.74) is 8.85. The molecule has 4 nitrogen and oxygen atoms in total. The van der Waals surface area contributed by atoms with Gasteiger partial charge < -0.3 is 4.42 Å². The van der Waals surface area contributed by atoms with Crippen molar-refractivity contribution in [1.29, 1.82) is 0 Å². The second kappa shape index (κ2) is 12.6. The molecular weight excluding hydrogens is 671 g/mol. The second-order valence-electron chi connectivity index (χ2n) is 14.0. The van der Waals surface area contributed by atoms with Gasteiger partial charge in [-0.15, -0.1) is 0 Å². The molecule has 9 aromatic carbocycles. The first-order valence-electron chi connectivity index (χ1n) is 18.5. The second-order valence-corrected chi connectivity index (χ2v) is 14.0. The summed E-state index contributed by atoms with van der Waals surface area (Å²) < 4.78 is 6.73. The molecule has 4 heteroatoms. The highest BCUT2D eigenvalue weighted by atomic mass is 16.3. The average molecular weight is 702 g/mol. The van der Waals surface area contributed by atoms with Crippen molar-refractivity contribution in [2.75, 3.05) is 0 Å². The fourth-order valence-corrected chi connectivity index (χ4v) is 7.93. The van der Waals surface area contributed by atoms with Gasteiger partial charge in [0.1, 0.15) is 11.2 Å². The molecule has 0 aliphatic carbocycles. The molecule has 0 bridgehead atoms. The van der Waals surface area contributed by atoms with Crippen LogP contribution >= 0.6 is 0 Å². The lowest BCUT2D eigenvalue weighted by molar-refractivity contribution is 0.669. The highest BCUT2D eigenvalue weighted by Gasteiger charge is 2.19. The van der Waals surface area contributed by atoms with E-state index in [1.54, 1.807) is 0 Å². The van der Waals surface area contributed by atoms with Gasteiger partial charge in [-0.25, -0.2) is 15.0 Å². The summed E-state index contributed by atoms with van der Waals surface area (Å²) in [7, 11) is 0. The van der Waals surface area contributed by atoms with Gasteiger partial charge in [0.2, 0.25) is 0 Å². The predicted octanol–water partition coefficient (Wildman–Crippen LogP) is 13.6. The quantitative estimate of drug-likeness (QED) is 0.179. The van der Waals surface area contributed by atoms with E-state index >= 15 is 0 Å². The van der Waals surface area contributed by atoms with E-state index in [0.717, 1.165) is 60.5 Å². The maximum absolute atomic E-state index is 6.73. The molecule has 0 aliphatic heterocycles. The Morgan fingerprint density at radius 3 is 1.62 bits per heavy atom. The SMILES string of the molecule is c1ccc(-c2nc(-c3ccc4ccccc4c3)nc(-c3cc(-c4ccc(-c5cccc6ccccc56)cc4)c4c(c3)oc3cc5ccccc5cc34)n2)cc1. The van der Waals surface area contributed by atoms with Gasteiger partial charge >= 0.3 is 0 Å². The predicted molar refractivity (Wildman–Crippen MR) is 227 cm³/mol. The standard InChI is InChI=1S/C51H31N3O/c1-2-13-36(14-3-1)49-52-50(40-26-21-32-11-4-5-15-37(32)27-40)54-51(53-49)41-29-44(48-45-28-38-16-6-7-17-39(38)30-46(45)55-47(48)31-41)35-24-22-34(23-25-35)43-20-10-18-33-12-8-9-19-42(33)43/h1-31H. The van der Waals surface area contributed by atoms with Crippen LogP contribution in [0.15, 0.2) is 192 Å². The third-order valence-corrected chi connectivity index (χ3v) is 10.7. The van der Waals surface area contributed by atoms with Crippen LogP contribution in [-0.4, -0.2) is 15.0 Å². The van der Waals surface area contributed by atoms with Crippen molar-refractivity contribution in [3.05, 3.63) is 188 Å². The van der Waals surface area contributed by atoms with E-state index in [2.05, 4.69) is 158 Å². The van der Waals surface area contributed by atoms with Gasteiger partial charge in [-0.3, -0.25) is 0 Å². The van der Waals surface area contributed by atoms with Gasteiger partial charge in [-0.05, 0) is 84.9 Å². The van der Waals surface area contributed by atoms with E-state index in [-0.39, 0.29) is 0 Å². The van der Waals surface area contributed by atoms with Crippen LogP contribution in [0.5, 0.6) is 0 Å². The Morgan fingerprint density at radius 1 is 0.291 bits per heavy atom. The number of fused-ring (bicyclic) bond motifs is 6. The van der Waals surface area contributed by atoms with E-state index in [9.17, 15) is 0 Å². The summed E-state index contributed by atoms with van der Waals surface area (Å²) >= 11 is 0. The Morgan fingerprint density at radius 2 is 0.855 bits per heavy atom. The number of hydrogen-bond acceptors (Lipinski definition) is 4. The third-order valence-electron chi connectivity index (χ3n) is 10.7. The number of benzene rings is 9. The van der Waals surface area contributed by atoms with Crippen LogP contribution in [0.25, 0.3) is 111 Å². The van der Waals surface area contributed by atoms with E-state index in [4.69, 9.17) is 19.4 Å². The first-order chi connectivity index (χ1) is 27.2. The highest BCUT2D eigenvalue weighted by molar-refractivity contribution is 6.16. The molecule has 0 amide bonds. The van der Waals surface area contributed by atoms with Gasteiger partial charge in [0.05, 0.1) is 0 Å². The van der Waals surface area contributed by atoms with Crippen molar-refractivity contribution in [3.63, 3.8) is 0 Å². The number of aromatic nitrogens is 3. The van der Waals surface area contributed by atoms with Crippen LogP contribution in [-0.2, 0) is 0 Å². The lowest BCUT2D eigenvalue weighted by Gasteiger charge is -2.12. The van der Waals surface area contributed by atoms with Gasteiger partial charge in [0, 0.05) is 27.5 Å². The molecule has 0 fully saturated rings. The topological polar surface area (TPSA) is 51.8 Å². The molecule has 0 aliphatic rings. The molecule has 2 aromatic heterocycles. The smallest absolute Gasteiger partial charge is 0.164 e. The zero-order valence-electron chi connectivity index (χ0n) is 29.6. The molecule has 0 atom stereocenters. The summed E-state index contributed by atoms with van der Waals surface area (Å²) in [6, 6.07) is 65.9. The molecule has 2 heterocycles. The summed E-state index contributed by atoms with van der Waals surface area (Å²) in [5.74, 6) is 1.82. The lowest BCUT2D eigenvalue weighted by Crippen LogP contribution is -2.00. The van der Waals surface area contributed by atoms with Gasteiger partial charge in [0.15, 0.2) is 17.5 Å². The monoisotopic (exact) mass is 701 g/mol. The molecule has 55 heavy (non-hydrogen) atoms. The molecule has 0 saturated carbocycles. The molecule has 0 saturated heterocycles. The Bertz CT molecular complexity index is 3250. The number of nitrogens with zero attached hydrogens (tertiary/aromatic N) is 3. The van der Waals surface area contributed by atoms with E-state index in [1.165, 1.54) is 32.7 Å². The summed E-state index contributed by atoms with van der Waals surface area (Å²) in [5, 5.41) is 9.22. The highest BCUT2D eigenvalue weighted by Crippen LogP contribution is 2.42. The minimum atomic E-state index is 0.582. The van der Waals surface area contributed by atoms with Crippen LogP contribution in [0.4, 0.5) is 0 Å². The Labute approximate surface area is 317 Å². The zero-order valence-corrected chi connectivity index (χ0v) is 29.6. The van der Waals surface area contributed by atoms with Crippen molar-refractivity contribution < 1.29 is 4.42 Å². The molecule has 256 valence electrons. The van der Waals surface area contributed by atoms with Crippen LogP contribution < -0.4 is 0 Å². The van der Waals surface area contributed by atoms with Crippen LogP contribution in [0, 0.1) is 0 Å². The summed E-state index contributed by atoms with van der Waals surface area (Å²) in [4.78, 5) is 15.3. The average Bonchev–Trinajstić information content (AvgIpc) is 3.62. The molecule has 0 unspecified atom stereocenters. The van der Waals surface area contributed by atoms with Crippen molar-refractivity contribution in [2.24, 2.45) is 0 Å². The van der Waals surface area contributed by atoms with Gasteiger partial charge in [-0.1, -0.05) is 158 Å². The molecule has 11 aromatic rings. The molecule has 11 rings (SSSR count). The minimum absolute atomic E-state index is 0.582. The van der Waals surface area contributed by atoms with Crippen molar-refractivity contribution >= 4 is 54.3 Å². The van der Waals surface area contributed by atoms with Crippen LogP contribution in [0.2, 0.25) is 0 Å². The van der Waals surface area contributed by atoms with Crippen LogP contribution in [0.1, 0.15) is 0 Å². The first-order valence-corrected chi connectivity index (χ1v) is 18.5. The van der Waals surface area contributed by atoms with Gasteiger partial charge in [-0.2, -0.15) is 0 Å². The Hall–Kier alpha value is -7.43. The number of rotatable bonds is 5.